The number of esters is 1. The number of primary amides is 1. The zero-order valence-electron chi connectivity index (χ0n) is 16.1. The van der Waals surface area contributed by atoms with E-state index in [1.807, 2.05) is 0 Å². The lowest BCUT2D eigenvalue weighted by Gasteiger charge is -2.33. The molecule has 9 nitrogen and oxygen atoms in total. The van der Waals surface area contributed by atoms with E-state index < -0.39 is 42.0 Å². The van der Waals surface area contributed by atoms with Crippen molar-refractivity contribution in [2.45, 2.75) is 39.2 Å². The van der Waals surface area contributed by atoms with Crippen molar-refractivity contribution < 1.29 is 28.7 Å². The molecule has 1 atom stereocenters. The number of anilines is 1. The fourth-order valence-electron chi connectivity index (χ4n) is 2.68. The highest BCUT2D eigenvalue weighted by molar-refractivity contribution is 7.14. The third kappa shape index (κ3) is 6.22. The van der Waals surface area contributed by atoms with Crippen molar-refractivity contribution >= 4 is 40.2 Å². The Balaban J connectivity index is 1.83. The second-order valence-corrected chi connectivity index (χ2v) is 8.37. The molecule has 0 saturated carbocycles. The number of piperidine rings is 1. The Hall–Kier alpha value is -2.62. The quantitative estimate of drug-likeness (QED) is 0.713. The minimum absolute atomic E-state index is 0.187. The highest BCUT2D eigenvalue weighted by Crippen LogP contribution is 2.23. The molecule has 0 radical (unpaired) electrons. The van der Waals surface area contributed by atoms with Crippen molar-refractivity contribution in [2.75, 3.05) is 25.0 Å². The standard InChI is InChI=1S/C18H25N3O6S/c1-18(2,3)27-17(25)21-7-4-5-11(9-21)16(24)26-10-13(22)20-15-12(14(19)23)6-8-28-15/h6,8,11H,4-5,7,9-10H2,1-3H3,(H2,19,23)(H,20,22)/t11-/m0/s1. The number of amides is 3. The predicted octanol–water partition coefficient (Wildman–Crippen LogP) is 1.98. The van der Waals surface area contributed by atoms with Crippen LogP contribution in [0, 0.1) is 5.92 Å². The van der Waals surface area contributed by atoms with Crippen LogP contribution in [0.25, 0.3) is 0 Å². The molecule has 1 aliphatic heterocycles. The molecule has 10 heteroatoms. The number of likely N-dealkylation sites (tertiary alicyclic amines) is 1. The van der Waals surface area contributed by atoms with Crippen molar-refractivity contribution in [1.29, 1.82) is 0 Å². The maximum atomic E-state index is 12.3. The van der Waals surface area contributed by atoms with Crippen LogP contribution in [0.15, 0.2) is 11.4 Å². The van der Waals surface area contributed by atoms with Crippen molar-refractivity contribution in [3.05, 3.63) is 17.0 Å². The van der Waals surface area contributed by atoms with Crippen molar-refractivity contribution in [3.8, 4) is 0 Å². The summed E-state index contributed by atoms with van der Waals surface area (Å²) in [5, 5.41) is 4.43. The molecule has 1 aliphatic rings. The second kappa shape index (κ2) is 9.05. The van der Waals surface area contributed by atoms with E-state index in [4.69, 9.17) is 15.2 Å². The summed E-state index contributed by atoms with van der Waals surface area (Å²) in [4.78, 5) is 49.2. The summed E-state index contributed by atoms with van der Waals surface area (Å²) in [5.41, 5.74) is 4.80. The van der Waals surface area contributed by atoms with Gasteiger partial charge in [0.05, 0.1) is 11.5 Å². The van der Waals surface area contributed by atoms with Crippen LogP contribution in [-0.4, -0.2) is 54.1 Å². The van der Waals surface area contributed by atoms with Crippen LogP contribution in [-0.2, 0) is 19.1 Å². The Labute approximate surface area is 167 Å². The van der Waals surface area contributed by atoms with Crippen molar-refractivity contribution in [2.24, 2.45) is 11.7 Å². The first kappa shape index (κ1) is 21.7. The molecule has 1 fully saturated rings. The first-order chi connectivity index (χ1) is 13.1. The van der Waals surface area contributed by atoms with Gasteiger partial charge in [0, 0.05) is 13.1 Å². The molecule has 0 spiro atoms. The van der Waals surface area contributed by atoms with Gasteiger partial charge in [0.1, 0.15) is 10.6 Å². The molecule has 1 aromatic heterocycles. The highest BCUT2D eigenvalue weighted by atomic mass is 32.1. The summed E-state index contributed by atoms with van der Waals surface area (Å²) in [5.74, 6) is -2.29. The lowest BCUT2D eigenvalue weighted by Crippen LogP contribution is -2.45. The molecule has 2 rings (SSSR count). The molecule has 28 heavy (non-hydrogen) atoms. The summed E-state index contributed by atoms with van der Waals surface area (Å²) < 4.78 is 10.4. The third-order valence-electron chi connectivity index (χ3n) is 3.94. The van der Waals surface area contributed by atoms with E-state index in [-0.39, 0.29) is 12.1 Å². The molecule has 0 bridgehead atoms. The number of ether oxygens (including phenoxy) is 2. The van der Waals surface area contributed by atoms with Crippen molar-refractivity contribution in [1.82, 2.24) is 4.90 Å². The smallest absolute Gasteiger partial charge is 0.410 e. The molecule has 154 valence electrons. The molecule has 3 amide bonds. The highest BCUT2D eigenvalue weighted by Gasteiger charge is 2.32. The number of hydrogen-bond donors (Lipinski definition) is 2. The summed E-state index contributed by atoms with van der Waals surface area (Å²) in [6, 6.07) is 1.50. The van der Waals surface area contributed by atoms with Gasteiger partial charge in [-0.05, 0) is 45.1 Å². The lowest BCUT2D eigenvalue weighted by atomic mass is 9.98. The molecular formula is C18H25N3O6S. The number of rotatable bonds is 5. The van der Waals surface area contributed by atoms with E-state index in [0.717, 1.165) is 11.3 Å². The normalized spacial score (nSPS) is 17.0. The summed E-state index contributed by atoms with van der Waals surface area (Å²) in [7, 11) is 0. The molecule has 1 aromatic rings. The van der Waals surface area contributed by atoms with Gasteiger partial charge in [-0.2, -0.15) is 0 Å². The number of nitrogens with zero attached hydrogens (tertiary/aromatic N) is 1. The molecule has 0 unspecified atom stereocenters. The van der Waals surface area contributed by atoms with Crippen LogP contribution in [0.2, 0.25) is 0 Å². The monoisotopic (exact) mass is 411 g/mol. The predicted molar refractivity (Wildman–Crippen MR) is 103 cm³/mol. The number of nitrogens with one attached hydrogen (secondary N) is 1. The average molecular weight is 411 g/mol. The topological polar surface area (TPSA) is 128 Å². The number of nitrogens with two attached hydrogens (primary N) is 1. The summed E-state index contributed by atoms with van der Waals surface area (Å²) >= 11 is 1.15. The largest absolute Gasteiger partial charge is 0.455 e. The van der Waals surface area contributed by atoms with Gasteiger partial charge in [-0.3, -0.25) is 14.4 Å². The molecule has 0 aromatic carbocycles. The van der Waals surface area contributed by atoms with Crippen LogP contribution in [0.1, 0.15) is 44.0 Å². The van der Waals surface area contributed by atoms with E-state index in [1.165, 1.54) is 11.0 Å². The van der Waals surface area contributed by atoms with E-state index in [1.54, 1.807) is 26.2 Å². The van der Waals surface area contributed by atoms with Gasteiger partial charge < -0.3 is 25.4 Å². The third-order valence-corrected chi connectivity index (χ3v) is 4.77. The van der Waals surface area contributed by atoms with E-state index in [0.29, 0.717) is 24.4 Å². The zero-order valence-corrected chi connectivity index (χ0v) is 17.0. The van der Waals surface area contributed by atoms with Crippen LogP contribution in [0.4, 0.5) is 9.80 Å². The Morgan fingerprint density at radius 2 is 2.04 bits per heavy atom. The zero-order chi connectivity index (χ0) is 20.9. The number of thiophene rings is 1. The fraction of sp³-hybridized carbons (Fsp3) is 0.556. The minimum Gasteiger partial charge on any atom is -0.455 e. The lowest BCUT2D eigenvalue weighted by molar-refractivity contribution is -0.153. The van der Waals surface area contributed by atoms with Crippen molar-refractivity contribution in [3.63, 3.8) is 0 Å². The van der Waals surface area contributed by atoms with E-state index >= 15 is 0 Å². The Morgan fingerprint density at radius 3 is 2.68 bits per heavy atom. The average Bonchev–Trinajstić information content (AvgIpc) is 3.06. The van der Waals surface area contributed by atoms with Gasteiger partial charge in [-0.15, -0.1) is 11.3 Å². The second-order valence-electron chi connectivity index (χ2n) is 7.45. The van der Waals surface area contributed by atoms with E-state index in [9.17, 15) is 19.2 Å². The Morgan fingerprint density at radius 1 is 1.32 bits per heavy atom. The Bertz CT molecular complexity index is 755. The van der Waals surface area contributed by atoms with Crippen LogP contribution in [0.5, 0.6) is 0 Å². The number of carbonyl (C=O) groups is 4. The first-order valence-electron chi connectivity index (χ1n) is 8.88. The van der Waals surface area contributed by atoms with Gasteiger partial charge in [-0.25, -0.2) is 4.79 Å². The summed E-state index contributed by atoms with van der Waals surface area (Å²) in [6.07, 6.45) is 0.734. The first-order valence-corrected chi connectivity index (χ1v) is 9.76. The molecule has 0 aliphatic carbocycles. The maximum absolute atomic E-state index is 12.3. The van der Waals surface area contributed by atoms with Crippen LogP contribution < -0.4 is 11.1 Å². The molecular weight excluding hydrogens is 386 g/mol. The van der Waals surface area contributed by atoms with Gasteiger partial charge in [-0.1, -0.05) is 0 Å². The number of hydrogen-bond acceptors (Lipinski definition) is 7. The van der Waals surface area contributed by atoms with Crippen LogP contribution >= 0.6 is 11.3 Å². The molecule has 1 saturated heterocycles. The van der Waals surface area contributed by atoms with Crippen LogP contribution in [0.3, 0.4) is 0 Å². The van der Waals surface area contributed by atoms with Gasteiger partial charge in [0.15, 0.2) is 6.61 Å². The fourth-order valence-corrected chi connectivity index (χ4v) is 3.49. The SMILES string of the molecule is CC(C)(C)OC(=O)N1CCC[C@H](C(=O)OCC(=O)Nc2sccc2C(N)=O)C1. The summed E-state index contributed by atoms with van der Waals surface area (Å²) in [6.45, 7) is 5.53. The number of carbonyl (C=O) groups excluding carboxylic acids is 4. The maximum Gasteiger partial charge on any atom is 0.410 e. The van der Waals surface area contributed by atoms with Gasteiger partial charge in [0.2, 0.25) is 0 Å². The van der Waals surface area contributed by atoms with E-state index in [2.05, 4.69) is 5.32 Å². The Kier molecular flexibility index (Phi) is 7.00. The van der Waals surface area contributed by atoms with Gasteiger partial charge >= 0.3 is 12.1 Å². The minimum atomic E-state index is -0.655. The van der Waals surface area contributed by atoms with Gasteiger partial charge in [0.25, 0.3) is 11.8 Å². The molecule has 3 N–H and O–H groups in total. The molecule has 2 heterocycles.